The maximum absolute atomic E-state index is 12.7. The van der Waals surface area contributed by atoms with E-state index in [1.807, 2.05) is 0 Å². The van der Waals surface area contributed by atoms with Gasteiger partial charge in [0.15, 0.2) is 0 Å². The third-order valence-electron chi connectivity index (χ3n) is 5.58. The minimum absolute atomic E-state index is 0.0555. The highest BCUT2D eigenvalue weighted by Gasteiger charge is 2.25. The molecule has 2 saturated heterocycles. The number of hydrogen-bond acceptors (Lipinski definition) is 7. The van der Waals surface area contributed by atoms with Gasteiger partial charge in [0.1, 0.15) is 5.02 Å². The second-order valence-corrected chi connectivity index (χ2v) is 7.96. The number of halogens is 1. The molecule has 0 saturated carbocycles. The van der Waals surface area contributed by atoms with E-state index in [1.165, 1.54) is 24.3 Å². The van der Waals surface area contributed by atoms with Crippen molar-refractivity contribution in [1.82, 2.24) is 9.78 Å². The summed E-state index contributed by atoms with van der Waals surface area (Å²) >= 11 is 6.38. The van der Waals surface area contributed by atoms with Crippen LogP contribution in [0, 0.1) is 16.0 Å². The van der Waals surface area contributed by atoms with Crippen molar-refractivity contribution in [1.29, 1.82) is 0 Å². The first-order valence-corrected chi connectivity index (χ1v) is 10.4. The summed E-state index contributed by atoms with van der Waals surface area (Å²) in [6.45, 7) is 3.80. The van der Waals surface area contributed by atoms with Crippen LogP contribution < -0.4 is 10.5 Å². The average molecular weight is 435 g/mol. The minimum Gasteiger partial charge on any atom is -0.381 e. The Hall–Kier alpha value is -2.49. The Balaban J connectivity index is 1.41. The SMILES string of the molecule is O=c1c(Cl)c(N2CCC(OCC3CCOC3)CC2)cnn1-c1ccc([N+](=O)[O-])cc1. The summed E-state index contributed by atoms with van der Waals surface area (Å²) in [4.78, 5) is 25.1. The summed E-state index contributed by atoms with van der Waals surface area (Å²) in [5.74, 6) is 0.494. The smallest absolute Gasteiger partial charge is 0.292 e. The fraction of sp³-hybridized carbons (Fsp3) is 0.500. The number of piperidine rings is 1. The number of nitrogens with zero attached hydrogens (tertiary/aromatic N) is 4. The van der Waals surface area contributed by atoms with Gasteiger partial charge in [-0.3, -0.25) is 14.9 Å². The summed E-state index contributed by atoms with van der Waals surface area (Å²) in [7, 11) is 0. The van der Waals surface area contributed by atoms with Crippen molar-refractivity contribution in [3.63, 3.8) is 0 Å². The highest BCUT2D eigenvalue weighted by atomic mass is 35.5. The zero-order valence-electron chi connectivity index (χ0n) is 16.4. The molecule has 0 N–H and O–H groups in total. The van der Waals surface area contributed by atoms with Gasteiger partial charge in [-0.25, -0.2) is 0 Å². The first-order chi connectivity index (χ1) is 14.5. The molecule has 2 aliphatic rings. The van der Waals surface area contributed by atoms with Crippen molar-refractivity contribution in [2.75, 3.05) is 37.8 Å². The number of anilines is 1. The molecule has 30 heavy (non-hydrogen) atoms. The van der Waals surface area contributed by atoms with Crippen LogP contribution in [0.15, 0.2) is 35.3 Å². The van der Waals surface area contributed by atoms with Gasteiger partial charge in [-0.05, 0) is 31.4 Å². The lowest BCUT2D eigenvalue weighted by Crippen LogP contribution is -2.39. The fourth-order valence-corrected chi connectivity index (χ4v) is 4.04. The van der Waals surface area contributed by atoms with Crippen molar-refractivity contribution >= 4 is 23.0 Å². The van der Waals surface area contributed by atoms with Crippen molar-refractivity contribution in [3.8, 4) is 5.69 Å². The van der Waals surface area contributed by atoms with Crippen molar-refractivity contribution in [2.45, 2.75) is 25.4 Å². The normalized spacial score (nSPS) is 19.9. The predicted octanol–water partition coefficient (Wildman–Crippen LogP) is 2.82. The van der Waals surface area contributed by atoms with Crippen molar-refractivity contribution in [2.24, 2.45) is 5.92 Å². The number of ether oxygens (including phenoxy) is 2. The molecular formula is C20H23ClN4O5. The fourth-order valence-electron chi connectivity index (χ4n) is 3.79. The second-order valence-electron chi connectivity index (χ2n) is 7.58. The molecule has 0 radical (unpaired) electrons. The quantitative estimate of drug-likeness (QED) is 0.509. The van der Waals surface area contributed by atoms with E-state index in [0.717, 1.165) is 56.9 Å². The van der Waals surface area contributed by atoms with Crippen LogP contribution in [-0.4, -0.2) is 53.7 Å². The van der Waals surface area contributed by atoms with Gasteiger partial charge in [0.25, 0.3) is 11.2 Å². The predicted molar refractivity (Wildman–Crippen MR) is 112 cm³/mol. The Morgan fingerprint density at radius 3 is 2.60 bits per heavy atom. The Bertz CT molecular complexity index is 951. The lowest BCUT2D eigenvalue weighted by Gasteiger charge is -2.34. The molecule has 9 nitrogen and oxygen atoms in total. The summed E-state index contributed by atoms with van der Waals surface area (Å²) in [5.41, 5.74) is 0.507. The largest absolute Gasteiger partial charge is 0.381 e. The van der Waals surface area contributed by atoms with Crippen LogP contribution in [0.25, 0.3) is 5.69 Å². The van der Waals surface area contributed by atoms with E-state index in [2.05, 4.69) is 10.00 Å². The molecule has 2 fully saturated rings. The van der Waals surface area contributed by atoms with Crippen molar-refractivity contribution < 1.29 is 14.4 Å². The molecule has 0 amide bonds. The first kappa shape index (κ1) is 20.8. The zero-order valence-corrected chi connectivity index (χ0v) is 17.2. The van der Waals surface area contributed by atoms with Crippen LogP contribution in [-0.2, 0) is 9.47 Å². The first-order valence-electron chi connectivity index (χ1n) is 10.00. The minimum atomic E-state index is -0.495. The molecule has 10 heteroatoms. The standard InChI is InChI=1S/C20H23ClN4O5/c21-19-18(23-8-5-17(6-9-23)30-13-14-7-10-29-12-14)11-22-24(20(19)26)15-1-3-16(4-2-15)25(27)28/h1-4,11,14,17H,5-10,12-13H2. The lowest BCUT2D eigenvalue weighted by atomic mass is 10.1. The van der Waals surface area contributed by atoms with Crippen LogP contribution in [0.3, 0.4) is 0 Å². The third kappa shape index (κ3) is 4.48. The van der Waals surface area contributed by atoms with E-state index in [1.54, 1.807) is 6.20 Å². The van der Waals surface area contributed by atoms with Crippen LogP contribution in [0.4, 0.5) is 11.4 Å². The molecule has 2 aromatic rings. The van der Waals surface area contributed by atoms with Crippen LogP contribution in [0.5, 0.6) is 0 Å². The maximum Gasteiger partial charge on any atom is 0.292 e. The molecule has 0 aliphatic carbocycles. The molecule has 3 heterocycles. The summed E-state index contributed by atoms with van der Waals surface area (Å²) in [6, 6.07) is 5.60. The van der Waals surface area contributed by atoms with E-state index < -0.39 is 10.5 Å². The number of nitro benzene ring substituents is 1. The highest BCUT2D eigenvalue weighted by Crippen LogP contribution is 2.27. The Morgan fingerprint density at radius 1 is 1.23 bits per heavy atom. The Labute approximate surface area is 178 Å². The topological polar surface area (TPSA) is 99.7 Å². The van der Waals surface area contributed by atoms with Gasteiger partial charge in [0, 0.05) is 37.7 Å². The number of benzene rings is 1. The highest BCUT2D eigenvalue weighted by molar-refractivity contribution is 6.33. The number of nitro groups is 1. The number of non-ortho nitro benzene ring substituents is 1. The Kier molecular flexibility index (Phi) is 6.31. The number of rotatable bonds is 6. The van der Waals surface area contributed by atoms with Gasteiger partial charge in [-0.1, -0.05) is 11.6 Å². The van der Waals surface area contributed by atoms with Crippen LogP contribution in [0.1, 0.15) is 19.3 Å². The number of hydrogen-bond donors (Lipinski definition) is 0. The van der Waals surface area contributed by atoms with Gasteiger partial charge in [0.05, 0.1) is 41.8 Å². The van der Waals surface area contributed by atoms with Gasteiger partial charge >= 0.3 is 0 Å². The van der Waals surface area contributed by atoms with E-state index in [-0.39, 0.29) is 16.8 Å². The monoisotopic (exact) mass is 434 g/mol. The molecule has 1 unspecified atom stereocenters. The molecule has 1 aromatic carbocycles. The lowest BCUT2D eigenvalue weighted by molar-refractivity contribution is -0.384. The average Bonchev–Trinajstić information content (AvgIpc) is 3.28. The number of aromatic nitrogens is 2. The van der Waals surface area contributed by atoms with Crippen molar-refractivity contribution in [3.05, 3.63) is 56.0 Å². The van der Waals surface area contributed by atoms with E-state index in [4.69, 9.17) is 21.1 Å². The molecular weight excluding hydrogens is 412 g/mol. The van der Waals surface area contributed by atoms with Gasteiger partial charge in [0.2, 0.25) is 0 Å². The molecule has 0 bridgehead atoms. The molecule has 160 valence electrons. The summed E-state index contributed by atoms with van der Waals surface area (Å²) in [6.07, 6.45) is 4.55. The maximum atomic E-state index is 12.7. The molecule has 1 aromatic heterocycles. The van der Waals surface area contributed by atoms with E-state index in [9.17, 15) is 14.9 Å². The summed E-state index contributed by atoms with van der Waals surface area (Å²) < 4.78 is 12.6. The molecule has 0 spiro atoms. The zero-order chi connectivity index (χ0) is 21.1. The second kappa shape index (κ2) is 9.11. The summed E-state index contributed by atoms with van der Waals surface area (Å²) in [5, 5.41) is 15.1. The van der Waals surface area contributed by atoms with Crippen LogP contribution >= 0.6 is 11.6 Å². The van der Waals surface area contributed by atoms with Gasteiger partial charge < -0.3 is 14.4 Å². The van der Waals surface area contributed by atoms with E-state index in [0.29, 0.717) is 17.3 Å². The van der Waals surface area contributed by atoms with Gasteiger partial charge in [-0.15, -0.1) is 0 Å². The molecule has 2 aliphatic heterocycles. The van der Waals surface area contributed by atoms with Crippen LogP contribution in [0.2, 0.25) is 5.02 Å². The Morgan fingerprint density at radius 2 is 1.97 bits per heavy atom. The molecule has 4 rings (SSSR count). The third-order valence-corrected chi connectivity index (χ3v) is 5.94. The van der Waals surface area contributed by atoms with E-state index >= 15 is 0 Å². The molecule has 1 atom stereocenters. The van der Waals surface area contributed by atoms with Gasteiger partial charge in [-0.2, -0.15) is 9.78 Å².